The number of amides is 1. The van der Waals surface area contributed by atoms with Crippen LogP contribution >= 0.6 is 34.5 Å². The van der Waals surface area contributed by atoms with Crippen molar-refractivity contribution in [2.45, 2.75) is 4.90 Å². The molecule has 1 aliphatic rings. The third-order valence-electron chi connectivity index (χ3n) is 4.79. The van der Waals surface area contributed by atoms with E-state index in [4.69, 9.17) is 23.2 Å². The first-order valence-corrected chi connectivity index (χ1v) is 12.2. The number of aromatic nitrogens is 1. The van der Waals surface area contributed by atoms with Crippen molar-refractivity contribution < 1.29 is 13.2 Å². The van der Waals surface area contributed by atoms with Crippen LogP contribution < -0.4 is 0 Å². The molecule has 0 N–H and O–H groups in total. The molecule has 1 aromatic heterocycles. The van der Waals surface area contributed by atoms with Gasteiger partial charge < -0.3 is 4.90 Å². The molecule has 156 valence electrons. The number of carbonyl (C=O) groups excluding carboxylic acids is 1. The second kappa shape index (κ2) is 8.64. The molecule has 10 heteroatoms. The zero-order chi connectivity index (χ0) is 21.3. The van der Waals surface area contributed by atoms with Gasteiger partial charge in [-0.15, -0.1) is 11.3 Å². The number of hydrogen-bond acceptors (Lipinski definition) is 5. The van der Waals surface area contributed by atoms with E-state index in [1.807, 2.05) is 12.1 Å². The highest BCUT2D eigenvalue weighted by Crippen LogP contribution is 2.26. The van der Waals surface area contributed by atoms with Crippen molar-refractivity contribution in [3.63, 3.8) is 0 Å². The molecule has 0 saturated carbocycles. The van der Waals surface area contributed by atoms with Crippen LogP contribution in [0.1, 0.15) is 10.5 Å². The maximum atomic E-state index is 12.8. The number of rotatable bonds is 4. The number of hydrogen-bond donors (Lipinski definition) is 0. The number of sulfonamides is 1. The van der Waals surface area contributed by atoms with Gasteiger partial charge in [0.1, 0.15) is 10.7 Å². The van der Waals surface area contributed by atoms with Crippen LogP contribution in [0.3, 0.4) is 0 Å². The number of thiazole rings is 1. The zero-order valence-electron chi connectivity index (χ0n) is 15.7. The van der Waals surface area contributed by atoms with Gasteiger partial charge in [-0.1, -0.05) is 35.3 Å². The van der Waals surface area contributed by atoms with Gasteiger partial charge in [0.2, 0.25) is 10.0 Å². The minimum absolute atomic E-state index is 0.193. The highest BCUT2D eigenvalue weighted by atomic mass is 35.5. The van der Waals surface area contributed by atoms with Gasteiger partial charge in [-0.3, -0.25) is 4.79 Å². The van der Waals surface area contributed by atoms with Gasteiger partial charge in [0.15, 0.2) is 0 Å². The minimum atomic E-state index is -3.62. The summed E-state index contributed by atoms with van der Waals surface area (Å²) in [6.07, 6.45) is 0. The molecule has 6 nitrogen and oxygen atoms in total. The average molecular weight is 482 g/mol. The maximum Gasteiger partial charge on any atom is 0.273 e. The molecule has 0 bridgehead atoms. The van der Waals surface area contributed by atoms with Crippen molar-refractivity contribution in [2.75, 3.05) is 26.2 Å². The first-order chi connectivity index (χ1) is 14.3. The largest absolute Gasteiger partial charge is 0.335 e. The average Bonchev–Trinajstić information content (AvgIpc) is 3.24. The molecule has 0 atom stereocenters. The fourth-order valence-electron chi connectivity index (χ4n) is 3.15. The Kier molecular flexibility index (Phi) is 6.13. The molecule has 3 aromatic rings. The summed E-state index contributed by atoms with van der Waals surface area (Å²) >= 11 is 13.1. The van der Waals surface area contributed by atoms with E-state index in [0.717, 1.165) is 10.6 Å². The highest BCUT2D eigenvalue weighted by Gasteiger charge is 2.31. The Hall–Kier alpha value is -1.97. The standard InChI is InChI=1S/C20H17Cl2N3O3S2/c21-15-3-1-14(2-4-15)19-23-18(13-29-19)20(26)24-9-11-25(12-10-24)30(27,28)17-7-5-16(22)6-8-17/h1-8,13H,9-12H2. The van der Waals surface area contributed by atoms with Crippen LogP contribution in [0.15, 0.2) is 58.8 Å². The summed E-state index contributed by atoms with van der Waals surface area (Å²) < 4.78 is 27.0. The molecule has 2 aromatic carbocycles. The molecule has 4 rings (SSSR count). The Morgan fingerprint density at radius 3 is 2.07 bits per heavy atom. The van der Waals surface area contributed by atoms with Crippen LogP contribution in [-0.2, 0) is 10.0 Å². The van der Waals surface area contributed by atoms with Gasteiger partial charge in [0.25, 0.3) is 5.91 Å². The monoisotopic (exact) mass is 481 g/mol. The molecular weight excluding hydrogens is 465 g/mol. The van der Waals surface area contributed by atoms with E-state index in [2.05, 4.69) is 4.98 Å². The van der Waals surface area contributed by atoms with Crippen LogP contribution in [0.5, 0.6) is 0 Å². The molecule has 30 heavy (non-hydrogen) atoms. The third-order valence-corrected chi connectivity index (χ3v) is 8.10. The number of benzene rings is 2. The van der Waals surface area contributed by atoms with E-state index in [1.165, 1.54) is 27.8 Å². The molecule has 0 unspecified atom stereocenters. The first-order valence-electron chi connectivity index (χ1n) is 9.11. The van der Waals surface area contributed by atoms with Crippen LogP contribution in [0, 0.1) is 0 Å². The van der Waals surface area contributed by atoms with E-state index in [-0.39, 0.29) is 23.9 Å². The second-order valence-electron chi connectivity index (χ2n) is 6.69. The fraction of sp³-hybridized carbons (Fsp3) is 0.200. The van der Waals surface area contributed by atoms with Gasteiger partial charge in [0, 0.05) is 47.2 Å². The predicted octanol–water partition coefficient (Wildman–Crippen LogP) is 4.26. The van der Waals surface area contributed by atoms with Crippen molar-refractivity contribution in [2.24, 2.45) is 0 Å². The van der Waals surface area contributed by atoms with Crippen molar-refractivity contribution in [3.8, 4) is 10.6 Å². The van der Waals surface area contributed by atoms with E-state index in [0.29, 0.717) is 28.8 Å². The maximum absolute atomic E-state index is 12.8. The highest BCUT2D eigenvalue weighted by molar-refractivity contribution is 7.89. The Balaban J connectivity index is 1.42. The van der Waals surface area contributed by atoms with Gasteiger partial charge in [-0.2, -0.15) is 4.31 Å². The summed E-state index contributed by atoms with van der Waals surface area (Å²) in [4.78, 5) is 19.1. The van der Waals surface area contributed by atoms with E-state index in [9.17, 15) is 13.2 Å². The normalized spacial score (nSPS) is 15.3. The Bertz CT molecular complexity index is 1150. The number of piperazine rings is 1. The molecule has 1 aliphatic heterocycles. The van der Waals surface area contributed by atoms with E-state index < -0.39 is 10.0 Å². The lowest BCUT2D eigenvalue weighted by molar-refractivity contribution is 0.0693. The van der Waals surface area contributed by atoms with Gasteiger partial charge in [-0.25, -0.2) is 13.4 Å². The van der Waals surface area contributed by atoms with E-state index >= 15 is 0 Å². The van der Waals surface area contributed by atoms with Crippen molar-refractivity contribution >= 4 is 50.5 Å². The SMILES string of the molecule is O=C(c1csc(-c2ccc(Cl)cc2)n1)N1CCN(S(=O)(=O)c2ccc(Cl)cc2)CC1. The molecule has 1 amide bonds. The summed E-state index contributed by atoms with van der Waals surface area (Å²) in [5.41, 5.74) is 1.25. The number of halogens is 2. The quantitative estimate of drug-likeness (QED) is 0.557. The van der Waals surface area contributed by atoms with Crippen LogP contribution in [0.4, 0.5) is 0 Å². The predicted molar refractivity (Wildman–Crippen MR) is 119 cm³/mol. The topological polar surface area (TPSA) is 70.6 Å². The Labute approximate surface area is 188 Å². The van der Waals surface area contributed by atoms with Gasteiger partial charge in [-0.05, 0) is 36.4 Å². The fourth-order valence-corrected chi connectivity index (χ4v) is 5.62. The molecule has 1 saturated heterocycles. The third kappa shape index (κ3) is 4.38. The lowest BCUT2D eigenvalue weighted by Crippen LogP contribution is -2.50. The summed E-state index contributed by atoms with van der Waals surface area (Å²) in [6, 6.07) is 13.3. The van der Waals surface area contributed by atoms with Gasteiger partial charge >= 0.3 is 0 Å². The minimum Gasteiger partial charge on any atom is -0.335 e. The van der Waals surface area contributed by atoms with Gasteiger partial charge in [0.05, 0.1) is 4.90 Å². The van der Waals surface area contributed by atoms with Crippen LogP contribution in [0.2, 0.25) is 10.0 Å². The van der Waals surface area contributed by atoms with Crippen molar-refractivity contribution in [1.82, 2.24) is 14.2 Å². The Morgan fingerprint density at radius 2 is 1.47 bits per heavy atom. The summed E-state index contributed by atoms with van der Waals surface area (Å²) in [6.45, 7) is 1.06. The molecule has 1 fully saturated rings. The van der Waals surface area contributed by atoms with Crippen LogP contribution in [-0.4, -0.2) is 54.7 Å². The summed E-state index contributed by atoms with van der Waals surface area (Å²) in [5.74, 6) is -0.199. The van der Waals surface area contributed by atoms with E-state index in [1.54, 1.807) is 34.5 Å². The number of carbonyl (C=O) groups is 1. The number of nitrogens with zero attached hydrogens (tertiary/aromatic N) is 3. The van der Waals surface area contributed by atoms with Crippen molar-refractivity contribution in [1.29, 1.82) is 0 Å². The van der Waals surface area contributed by atoms with Crippen molar-refractivity contribution in [3.05, 3.63) is 69.7 Å². The lowest BCUT2D eigenvalue weighted by Gasteiger charge is -2.33. The lowest BCUT2D eigenvalue weighted by atomic mass is 10.2. The van der Waals surface area contributed by atoms with Crippen LogP contribution in [0.25, 0.3) is 10.6 Å². The molecule has 0 spiro atoms. The molecular formula is C20H17Cl2N3O3S2. The smallest absolute Gasteiger partial charge is 0.273 e. The Morgan fingerprint density at radius 1 is 0.900 bits per heavy atom. The summed E-state index contributed by atoms with van der Waals surface area (Å²) in [5, 5.41) is 3.57. The molecule has 0 aliphatic carbocycles. The zero-order valence-corrected chi connectivity index (χ0v) is 18.8. The molecule has 2 heterocycles. The molecule has 0 radical (unpaired) electrons. The summed E-state index contributed by atoms with van der Waals surface area (Å²) in [7, 11) is -3.62. The first kappa shape index (κ1) is 21.3. The second-order valence-corrected chi connectivity index (χ2v) is 10.4.